The first-order valence-electron chi connectivity index (χ1n) is 7.98. The highest BCUT2D eigenvalue weighted by atomic mass is 16.5. The Kier molecular flexibility index (Phi) is 3.89. The maximum Gasteiger partial charge on any atom is 0.413 e. The molecule has 0 radical (unpaired) electrons. The van der Waals surface area contributed by atoms with Gasteiger partial charge in [0.25, 0.3) is 0 Å². The monoisotopic (exact) mass is 348 g/mol. The van der Waals surface area contributed by atoms with Crippen molar-refractivity contribution in [2.45, 2.75) is 0 Å². The SMILES string of the molecule is COC(=O)N(C)c1ccc(Nc2ncnc3c2oc2ccccc23)cc1. The Labute approximate surface area is 149 Å². The van der Waals surface area contributed by atoms with Crippen LogP contribution in [0.3, 0.4) is 0 Å². The summed E-state index contributed by atoms with van der Waals surface area (Å²) in [4.78, 5) is 21.6. The highest BCUT2D eigenvalue weighted by Gasteiger charge is 2.14. The van der Waals surface area contributed by atoms with E-state index in [-0.39, 0.29) is 0 Å². The molecule has 0 aliphatic rings. The molecule has 0 saturated carbocycles. The van der Waals surface area contributed by atoms with Crippen LogP contribution in [0, 0.1) is 0 Å². The zero-order chi connectivity index (χ0) is 18.1. The second kappa shape index (κ2) is 6.36. The molecule has 0 fully saturated rings. The smallest absolute Gasteiger partial charge is 0.413 e. The van der Waals surface area contributed by atoms with E-state index in [4.69, 9.17) is 9.15 Å². The van der Waals surface area contributed by atoms with Crippen molar-refractivity contribution < 1.29 is 13.9 Å². The molecular weight excluding hydrogens is 332 g/mol. The van der Waals surface area contributed by atoms with Crippen molar-refractivity contribution in [2.24, 2.45) is 0 Å². The predicted molar refractivity (Wildman–Crippen MR) is 99.8 cm³/mol. The van der Waals surface area contributed by atoms with Gasteiger partial charge >= 0.3 is 6.09 Å². The number of carbonyl (C=O) groups excluding carboxylic acids is 1. The number of nitrogens with one attached hydrogen (secondary N) is 1. The van der Waals surface area contributed by atoms with Crippen LogP contribution < -0.4 is 10.2 Å². The number of carbonyl (C=O) groups is 1. The Morgan fingerprint density at radius 1 is 1.12 bits per heavy atom. The van der Waals surface area contributed by atoms with Crippen LogP contribution in [0.1, 0.15) is 0 Å². The molecule has 1 amide bonds. The average molecular weight is 348 g/mol. The number of para-hydroxylation sites is 1. The molecule has 0 unspecified atom stereocenters. The van der Waals surface area contributed by atoms with E-state index >= 15 is 0 Å². The molecule has 2 heterocycles. The van der Waals surface area contributed by atoms with Gasteiger partial charge in [0.2, 0.25) is 0 Å². The van der Waals surface area contributed by atoms with E-state index < -0.39 is 6.09 Å². The first kappa shape index (κ1) is 15.9. The number of amides is 1. The minimum absolute atomic E-state index is 0.425. The summed E-state index contributed by atoms with van der Waals surface area (Å²) < 4.78 is 10.6. The normalized spacial score (nSPS) is 10.8. The molecule has 7 heteroatoms. The Hall–Kier alpha value is -3.61. The third kappa shape index (κ3) is 2.69. The maximum absolute atomic E-state index is 11.6. The quantitative estimate of drug-likeness (QED) is 0.594. The average Bonchev–Trinajstić information content (AvgIpc) is 3.07. The van der Waals surface area contributed by atoms with Crippen molar-refractivity contribution in [1.29, 1.82) is 0 Å². The van der Waals surface area contributed by atoms with Crippen LogP contribution >= 0.6 is 0 Å². The fraction of sp³-hybridized carbons (Fsp3) is 0.105. The molecule has 2 aromatic carbocycles. The number of benzene rings is 2. The van der Waals surface area contributed by atoms with E-state index in [0.29, 0.717) is 11.4 Å². The number of anilines is 3. The highest BCUT2D eigenvalue weighted by molar-refractivity contribution is 6.05. The molecule has 2 aromatic heterocycles. The van der Waals surface area contributed by atoms with Crippen molar-refractivity contribution in [3.63, 3.8) is 0 Å². The van der Waals surface area contributed by atoms with Gasteiger partial charge in [-0.1, -0.05) is 12.1 Å². The van der Waals surface area contributed by atoms with Gasteiger partial charge in [-0.15, -0.1) is 0 Å². The van der Waals surface area contributed by atoms with Gasteiger partial charge in [-0.25, -0.2) is 14.8 Å². The molecule has 7 nitrogen and oxygen atoms in total. The van der Waals surface area contributed by atoms with E-state index in [1.165, 1.54) is 18.3 Å². The minimum Gasteiger partial charge on any atom is -0.452 e. The number of methoxy groups -OCH3 is 1. The van der Waals surface area contributed by atoms with Crippen LogP contribution in [0.25, 0.3) is 22.1 Å². The molecule has 26 heavy (non-hydrogen) atoms. The maximum atomic E-state index is 11.6. The summed E-state index contributed by atoms with van der Waals surface area (Å²) in [5, 5.41) is 4.18. The standard InChI is InChI=1S/C19H16N4O3/c1-23(19(24)25-2)13-9-7-12(8-10-13)22-18-17-16(20-11-21-18)14-5-3-4-6-15(14)26-17/h3-11H,1-2H3,(H,20,21,22). The third-order valence-corrected chi connectivity index (χ3v) is 4.12. The van der Waals surface area contributed by atoms with Crippen molar-refractivity contribution in [2.75, 3.05) is 24.4 Å². The minimum atomic E-state index is -0.425. The number of nitrogens with zero attached hydrogens (tertiary/aromatic N) is 3. The number of ether oxygens (including phenoxy) is 1. The Bertz CT molecular complexity index is 1090. The number of rotatable bonds is 3. The third-order valence-electron chi connectivity index (χ3n) is 4.12. The molecule has 0 bridgehead atoms. The molecule has 0 aliphatic heterocycles. The molecule has 1 N–H and O–H groups in total. The molecule has 4 aromatic rings. The summed E-state index contributed by atoms with van der Waals surface area (Å²) in [6.45, 7) is 0. The Morgan fingerprint density at radius 3 is 2.65 bits per heavy atom. The van der Waals surface area contributed by atoms with E-state index in [1.54, 1.807) is 7.05 Å². The van der Waals surface area contributed by atoms with Crippen molar-refractivity contribution in [3.8, 4) is 0 Å². The first-order chi connectivity index (χ1) is 12.7. The summed E-state index contributed by atoms with van der Waals surface area (Å²) in [6, 6.07) is 15.1. The van der Waals surface area contributed by atoms with Crippen LogP contribution in [-0.4, -0.2) is 30.2 Å². The fourth-order valence-electron chi connectivity index (χ4n) is 2.76. The van der Waals surface area contributed by atoms with Gasteiger partial charge in [0.15, 0.2) is 11.4 Å². The molecule has 130 valence electrons. The lowest BCUT2D eigenvalue weighted by Crippen LogP contribution is -2.25. The molecular formula is C19H16N4O3. The van der Waals surface area contributed by atoms with Crippen LogP contribution in [0.4, 0.5) is 22.0 Å². The summed E-state index contributed by atoms with van der Waals surface area (Å²) >= 11 is 0. The lowest BCUT2D eigenvalue weighted by molar-refractivity contribution is 0.180. The summed E-state index contributed by atoms with van der Waals surface area (Å²) in [7, 11) is 3.00. The van der Waals surface area contributed by atoms with Crippen LogP contribution in [0.15, 0.2) is 59.3 Å². The predicted octanol–water partition coefficient (Wildman–Crippen LogP) is 4.32. The van der Waals surface area contributed by atoms with Gasteiger partial charge < -0.3 is 14.5 Å². The number of aromatic nitrogens is 2. The number of furan rings is 1. The second-order valence-electron chi connectivity index (χ2n) is 5.70. The van der Waals surface area contributed by atoms with Crippen molar-refractivity contribution in [3.05, 3.63) is 54.9 Å². The van der Waals surface area contributed by atoms with Gasteiger partial charge in [-0.2, -0.15) is 0 Å². The van der Waals surface area contributed by atoms with Crippen LogP contribution in [-0.2, 0) is 4.74 Å². The van der Waals surface area contributed by atoms with Crippen molar-refractivity contribution >= 4 is 45.4 Å². The zero-order valence-electron chi connectivity index (χ0n) is 14.3. The molecule has 4 rings (SSSR count). The molecule has 0 aliphatic carbocycles. The highest BCUT2D eigenvalue weighted by Crippen LogP contribution is 2.31. The first-order valence-corrected chi connectivity index (χ1v) is 7.98. The van der Waals surface area contributed by atoms with E-state index in [1.807, 2.05) is 48.5 Å². The van der Waals surface area contributed by atoms with E-state index in [9.17, 15) is 4.79 Å². The van der Waals surface area contributed by atoms with Gasteiger partial charge in [0, 0.05) is 23.8 Å². The fourth-order valence-corrected chi connectivity index (χ4v) is 2.76. The van der Waals surface area contributed by atoms with Gasteiger partial charge in [0.1, 0.15) is 17.4 Å². The molecule has 0 spiro atoms. The van der Waals surface area contributed by atoms with Gasteiger partial charge in [-0.05, 0) is 36.4 Å². The largest absolute Gasteiger partial charge is 0.452 e. The van der Waals surface area contributed by atoms with Crippen LogP contribution in [0.5, 0.6) is 0 Å². The van der Waals surface area contributed by atoms with E-state index in [0.717, 1.165) is 27.9 Å². The van der Waals surface area contributed by atoms with Gasteiger partial charge in [0.05, 0.1) is 7.11 Å². The lowest BCUT2D eigenvalue weighted by Gasteiger charge is -2.16. The topological polar surface area (TPSA) is 80.5 Å². The summed E-state index contributed by atoms with van der Waals surface area (Å²) in [5.74, 6) is 0.584. The second-order valence-corrected chi connectivity index (χ2v) is 5.70. The number of hydrogen-bond donors (Lipinski definition) is 1. The van der Waals surface area contributed by atoms with Gasteiger partial charge in [-0.3, -0.25) is 4.90 Å². The van der Waals surface area contributed by atoms with E-state index in [2.05, 4.69) is 15.3 Å². The molecule has 0 atom stereocenters. The number of hydrogen-bond acceptors (Lipinski definition) is 6. The Morgan fingerprint density at radius 2 is 1.88 bits per heavy atom. The molecule has 0 saturated heterocycles. The van der Waals surface area contributed by atoms with Crippen molar-refractivity contribution in [1.82, 2.24) is 9.97 Å². The van der Waals surface area contributed by atoms with Crippen LogP contribution in [0.2, 0.25) is 0 Å². The summed E-state index contributed by atoms with van der Waals surface area (Å²) in [5.41, 5.74) is 3.66. The Balaban J connectivity index is 1.66. The zero-order valence-corrected chi connectivity index (χ0v) is 14.3. The number of fused-ring (bicyclic) bond motifs is 3. The lowest BCUT2D eigenvalue weighted by atomic mass is 10.2. The summed E-state index contributed by atoms with van der Waals surface area (Å²) in [6.07, 6.45) is 1.08.